The highest BCUT2D eigenvalue weighted by Crippen LogP contribution is 2.27. The quantitative estimate of drug-likeness (QED) is 0.451. The molecule has 0 spiro atoms. The van der Waals surface area contributed by atoms with Crippen molar-refractivity contribution in [2.45, 2.75) is 57.4 Å². The second-order valence-electron chi connectivity index (χ2n) is 7.93. The second kappa shape index (κ2) is 10.5. The summed E-state index contributed by atoms with van der Waals surface area (Å²) in [6, 6.07) is 13.1. The van der Waals surface area contributed by atoms with Crippen molar-refractivity contribution in [2.75, 3.05) is 10.6 Å². The number of halogens is 3. The van der Waals surface area contributed by atoms with Gasteiger partial charge >= 0.3 is 12.1 Å². The maximum absolute atomic E-state index is 10.6. The Bertz CT molecular complexity index is 1060. The Kier molecular flexibility index (Phi) is 7.75. The van der Waals surface area contributed by atoms with Crippen molar-refractivity contribution in [2.24, 2.45) is 5.73 Å². The molecule has 33 heavy (non-hydrogen) atoms. The number of aliphatic carboxylic acids is 1. The van der Waals surface area contributed by atoms with Crippen LogP contribution in [0.2, 0.25) is 0 Å². The molecule has 2 aromatic heterocycles. The molecule has 178 valence electrons. The molecular weight excluding hydrogens is 437 g/mol. The smallest absolute Gasteiger partial charge is 0.475 e. The predicted molar refractivity (Wildman–Crippen MR) is 119 cm³/mol. The van der Waals surface area contributed by atoms with E-state index in [9.17, 15) is 13.2 Å². The first kappa shape index (κ1) is 24.3. The number of carboxylic acids is 1. The molecule has 11 heteroatoms. The minimum Gasteiger partial charge on any atom is -0.475 e. The van der Waals surface area contributed by atoms with Crippen molar-refractivity contribution in [3.63, 3.8) is 0 Å². The number of rotatable bonds is 5. The summed E-state index contributed by atoms with van der Waals surface area (Å²) in [5.74, 6) is -0.833. The summed E-state index contributed by atoms with van der Waals surface area (Å²) in [4.78, 5) is 13.7. The van der Waals surface area contributed by atoms with Crippen LogP contribution in [-0.2, 0) is 11.3 Å². The number of nitrogens with one attached hydrogen (secondary N) is 2. The van der Waals surface area contributed by atoms with Crippen LogP contribution >= 0.6 is 0 Å². The van der Waals surface area contributed by atoms with E-state index in [-0.39, 0.29) is 0 Å². The Labute approximate surface area is 189 Å². The van der Waals surface area contributed by atoms with Crippen LogP contribution < -0.4 is 16.4 Å². The number of nitrogens with zero attached hydrogens (tertiary/aromatic N) is 3. The lowest BCUT2D eigenvalue weighted by Gasteiger charge is -2.28. The second-order valence-corrected chi connectivity index (χ2v) is 7.93. The molecule has 0 atom stereocenters. The summed E-state index contributed by atoms with van der Waals surface area (Å²) in [5, 5.41) is 18.7. The van der Waals surface area contributed by atoms with Crippen LogP contribution in [0.15, 0.2) is 42.6 Å². The topological polar surface area (TPSA) is 118 Å². The number of anilines is 2. The third-order valence-corrected chi connectivity index (χ3v) is 5.43. The molecule has 0 unspecified atom stereocenters. The molecule has 1 fully saturated rings. The third-order valence-electron chi connectivity index (χ3n) is 5.43. The summed E-state index contributed by atoms with van der Waals surface area (Å²) >= 11 is 0. The SMILES string of the molecule is Cc1c(NC2CCC(N)CC2)nc2ccnn2c1NCc1ccccc1.O=C(O)C(F)(F)F. The monoisotopic (exact) mass is 464 g/mol. The number of benzene rings is 1. The van der Waals surface area contributed by atoms with Crippen molar-refractivity contribution in [3.05, 3.63) is 53.7 Å². The minimum absolute atomic E-state index is 0.350. The Morgan fingerprint density at radius 2 is 1.82 bits per heavy atom. The van der Waals surface area contributed by atoms with Gasteiger partial charge in [-0.25, -0.2) is 9.78 Å². The summed E-state index contributed by atoms with van der Waals surface area (Å²) < 4.78 is 33.6. The van der Waals surface area contributed by atoms with Crippen molar-refractivity contribution in [1.82, 2.24) is 14.6 Å². The van der Waals surface area contributed by atoms with Gasteiger partial charge in [-0.1, -0.05) is 30.3 Å². The number of carboxylic acid groups (broad SMARTS) is 1. The lowest BCUT2D eigenvalue weighted by molar-refractivity contribution is -0.192. The Morgan fingerprint density at radius 1 is 1.18 bits per heavy atom. The third kappa shape index (κ3) is 6.58. The highest BCUT2D eigenvalue weighted by atomic mass is 19.4. The van der Waals surface area contributed by atoms with Gasteiger partial charge in [0, 0.05) is 30.3 Å². The average molecular weight is 464 g/mol. The molecule has 2 heterocycles. The van der Waals surface area contributed by atoms with E-state index in [4.69, 9.17) is 20.6 Å². The fourth-order valence-corrected chi connectivity index (χ4v) is 3.61. The molecule has 3 aromatic rings. The fourth-order valence-electron chi connectivity index (χ4n) is 3.61. The normalized spacial score (nSPS) is 18.3. The van der Waals surface area contributed by atoms with Gasteiger partial charge in [0.25, 0.3) is 0 Å². The zero-order valence-electron chi connectivity index (χ0n) is 18.1. The molecule has 0 amide bonds. The zero-order valence-corrected chi connectivity index (χ0v) is 18.1. The van der Waals surface area contributed by atoms with E-state index in [0.29, 0.717) is 12.1 Å². The standard InChI is InChI=1S/C20H26N6.C2HF3O2/c1-14-19(24-17-9-7-16(21)8-10-17)25-18-11-12-23-26(18)20(14)22-13-15-5-3-2-4-6-15;3-2(4,5)1(6)7/h2-6,11-12,16-17,22H,7-10,13,21H2,1H3,(H,24,25);(H,6,7). The molecule has 0 radical (unpaired) electrons. The van der Waals surface area contributed by atoms with Gasteiger partial charge < -0.3 is 21.5 Å². The number of aromatic nitrogens is 3. The van der Waals surface area contributed by atoms with E-state index >= 15 is 0 Å². The number of nitrogens with two attached hydrogens (primary N) is 1. The lowest BCUT2D eigenvalue weighted by atomic mass is 9.92. The first-order chi connectivity index (χ1) is 15.6. The highest BCUT2D eigenvalue weighted by Gasteiger charge is 2.38. The molecule has 1 aromatic carbocycles. The van der Waals surface area contributed by atoms with Crippen LogP contribution in [0.5, 0.6) is 0 Å². The predicted octanol–water partition coefficient (Wildman–Crippen LogP) is 3.96. The van der Waals surface area contributed by atoms with Gasteiger partial charge in [-0.15, -0.1) is 0 Å². The molecule has 5 N–H and O–H groups in total. The van der Waals surface area contributed by atoms with E-state index in [1.807, 2.05) is 16.6 Å². The van der Waals surface area contributed by atoms with Gasteiger partial charge in [0.2, 0.25) is 0 Å². The molecule has 8 nitrogen and oxygen atoms in total. The molecule has 1 aliphatic rings. The van der Waals surface area contributed by atoms with E-state index in [0.717, 1.165) is 55.1 Å². The van der Waals surface area contributed by atoms with Gasteiger partial charge in [0.05, 0.1) is 6.20 Å². The average Bonchev–Trinajstić information content (AvgIpc) is 3.24. The molecular formula is C22H27F3N6O2. The van der Waals surface area contributed by atoms with E-state index in [2.05, 4.69) is 46.9 Å². The summed E-state index contributed by atoms with van der Waals surface area (Å²) in [6.07, 6.45) is 1.05. The first-order valence-electron chi connectivity index (χ1n) is 10.6. The molecule has 0 saturated heterocycles. The van der Waals surface area contributed by atoms with Crippen LogP contribution in [0, 0.1) is 6.92 Å². The minimum atomic E-state index is -5.08. The Morgan fingerprint density at radius 3 is 2.42 bits per heavy atom. The van der Waals surface area contributed by atoms with E-state index in [1.165, 1.54) is 5.56 Å². The van der Waals surface area contributed by atoms with Gasteiger partial charge in [0.1, 0.15) is 11.6 Å². The molecule has 0 bridgehead atoms. The number of fused-ring (bicyclic) bond motifs is 1. The number of hydrogen-bond donors (Lipinski definition) is 4. The van der Waals surface area contributed by atoms with Crippen molar-refractivity contribution >= 4 is 23.3 Å². The summed E-state index contributed by atoms with van der Waals surface area (Å²) in [5.41, 5.74) is 9.21. The van der Waals surface area contributed by atoms with Crippen LogP contribution in [0.3, 0.4) is 0 Å². The first-order valence-corrected chi connectivity index (χ1v) is 10.6. The summed E-state index contributed by atoms with van der Waals surface area (Å²) in [6.45, 7) is 2.84. The van der Waals surface area contributed by atoms with Crippen LogP contribution in [0.4, 0.5) is 24.8 Å². The Balaban J connectivity index is 0.000000383. The van der Waals surface area contributed by atoms with Crippen molar-refractivity contribution in [3.8, 4) is 0 Å². The number of carbonyl (C=O) groups is 1. The van der Waals surface area contributed by atoms with Crippen molar-refractivity contribution in [1.29, 1.82) is 0 Å². The fraction of sp³-hybridized carbons (Fsp3) is 0.409. The maximum atomic E-state index is 10.6. The number of hydrogen-bond acceptors (Lipinski definition) is 6. The van der Waals surface area contributed by atoms with Gasteiger partial charge in [-0.3, -0.25) is 0 Å². The van der Waals surface area contributed by atoms with Gasteiger partial charge in [-0.05, 0) is 38.2 Å². The zero-order chi connectivity index (χ0) is 24.0. The van der Waals surface area contributed by atoms with Crippen molar-refractivity contribution < 1.29 is 23.1 Å². The molecule has 1 saturated carbocycles. The maximum Gasteiger partial charge on any atom is 0.490 e. The van der Waals surface area contributed by atoms with Crippen LogP contribution in [0.25, 0.3) is 5.65 Å². The van der Waals surface area contributed by atoms with Crippen LogP contribution in [-0.4, -0.2) is 43.9 Å². The summed E-state index contributed by atoms with van der Waals surface area (Å²) in [7, 11) is 0. The molecule has 4 rings (SSSR count). The van der Waals surface area contributed by atoms with E-state index in [1.54, 1.807) is 6.20 Å². The molecule has 1 aliphatic carbocycles. The highest BCUT2D eigenvalue weighted by molar-refractivity contribution is 5.73. The van der Waals surface area contributed by atoms with Gasteiger partial charge in [-0.2, -0.15) is 22.8 Å². The lowest BCUT2D eigenvalue weighted by Crippen LogP contribution is -2.33. The Hall–Kier alpha value is -3.34. The largest absolute Gasteiger partial charge is 0.490 e. The number of alkyl halides is 3. The van der Waals surface area contributed by atoms with E-state index < -0.39 is 12.1 Å². The van der Waals surface area contributed by atoms with Crippen LogP contribution in [0.1, 0.15) is 36.8 Å². The van der Waals surface area contributed by atoms with Gasteiger partial charge in [0.15, 0.2) is 5.65 Å². The molecule has 0 aliphatic heterocycles.